The predicted octanol–water partition coefficient (Wildman–Crippen LogP) is 2.62. The van der Waals surface area contributed by atoms with E-state index in [-0.39, 0.29) is 16.6 Å². The molecule has 1 unspecified atom stereocenters. The molecule has 0 radical (unpaired) electrons. The van der Waals surface area contributed by atoms with Gasteiger partial charge in [-0.1, -0.05) is 23.8 Å². The van der Waals surface area contributed by atoms with E-state index < -0.39 is 10.0 Å². The van der Waals surface area contributed by atoms with E-state index in [0.29, 0.717) is 10.6 Å². The molecule has 0 aliphatic heterocycles. The van der Waals surface area contributed by atoms with Crippen molar-refractivity contribution in [2.24, 2.45) is 0 Å². The van der Waals surface area contributed by atoms with E-state index in [4.69, 9.17) is 17.3 Å². The van der Waals surface area contributed by atoms with Gasteiger partial charge in [-0.15, -0.1) is 0 Å². The van der Waals surface area contributed by atoms with E-state index in [2.05, 4.69) is 10.8 Å². The van der Waals surface area contributed by atoms with Crippen LogP contribution in [-0.2, 0) is 10.0 Å². The van der Waals surface area contributed by atoms with Crippen LogP contribution in [0.3, 0.4) is 0 Å². The number of nitrogen functional groups attached to an aromatic ring is 1. The Hall–Kier alpha value is -1.04. The first-order valence-corrected chi connectivity index (χ1v) is 7.99. The fraction of sp³-hybridized carbons (Fsp3) is 0.385. The molecule has 0 aromatic heterocycles. The molecule has 4 nitrogen and oxygen atoms in total. The van der Waals surface area contributed by atoms with Gasteiger partial charge in [-0.05, 0) is 43.9 Å². The summed E-state index contributed by atoms with van der Waals surface area (Å²) in [4.78, 5) is 0.198. The van der Waals surface area contributed by atoms with Crippen molar-refractivity contribution in [2.75, 3.05) is 5.73 Å². The van der Waals surface area contributed by atoms with Crippen LogP contribution in [0.2, 0.25) is 5.02 Å². The fourth-order valence-corrected chi connectivity index (χ4v) is 3.90. The smallest absolute Gasteiger partial charge is 0.241 e. The first kappa shape index (κ1) is 14.4. The molecule has 104 valence electrons. The Morgan fingerprint density at radius 1 is 1.37 bits per heavy atom. The number of rotatable bonds is 3. The van der Waals surface area contributed by atoms with Crippen molar-refractivity contribution in [1.29, 1.82) is 0 Å². The number of sulfonamides is 1. The summed E-state index contributed by atoms with van der Waals surface area (Å²) in [5.74, 6) is 0. The second-order valence-corrected chi connectivity index (χ2v) is 6.83. The average Bonchev–Trinajstić information content (AvgIpc) is 2.34. The summed E-state index contributed by atoms with van der Waals surface area (Å²) in [6.45, 7) is 1.71. The standard InChI is InChI=1S/C13H17ClN2O2S/c1-9-7-11(14)12(15)8-13(9)19(17,18)16-10-5-3-2-4-6-10/h2-3,7-8,10,16H,4-6,15H2,1H3. The Morgan fingerprint density at radius 3 is 2.74 bits per heavy atom. The van der Waals surface area contributed by atoms with Crippen LogP contribution < -0.4 is 10.5 Å². The van der Waals surface area contributed by atoms with Crippen LogP contribution in [0.25, 0.3) is 0 Å². The van der Waals surface area contributed by atoms with E-state index in [0.717, 1.165) is 19.3 Å². The topological polar surface area (TPSA) is 72.2 Å². The van der Waals surface area contributed by atoms with Gasteiger partial charge in [0.25, 0.3) is 0 Å². The number of nitrogens with two attached hydrogens (primary N) is 1. The van der Waals surface area contributed by atoms with Gasteiger partial charge in [0.15, 0.2) is 0 Å². The molecule has 1 aliphatic rings. The van der Waals surface area contributed by atoms with Crippen molar-refractivity contribution >= 4 is 27.3 Å². The van der Waals surface area contributed by atoms with E-state index in [1.54, 1.807) is 13.0 Å². The van der Waals surface area contributed by atoms with Crippen LogP contribution >= 0.6 is 11.6 Å². The molecule has 0 saturated heterocycles. The lowest BCUT2D eigenvalue weighted by Gasteiger charge is -2.20. The number of aryl methyl sites for hydroxylation is 1. The number of nitrogens with one attached hydrogen (secondary N) is 1. The molecule has 0 bridgehead atoms. The van der Waals surface area contributed by atoms with E-state index in [1.165, 1.54) is 6.07 Å². The summed E-state index contributed by atoms with van der Waals surface area (Å²) in [6.07, 6.45) is 6.50. The molecule has 0 heterocycles. The lowest BCUT2D eigenvalue weighted by atomic mass is 10.0. The van der Waals surface area contributed by atoms with Gasteiger partial charge in [0, 0.05) is 6.04 Å². The second-order valence-electron chi connectivity index (χ2n) is 4.74. The fourth-order valence-electron chi connectivity index (χ4n) is 2.14. The monoisotopic (exact) mass is 300 g/mol. The molecule has 2 rings (SSSR count). The third kappa shape index (κ3) is 3.29. The van der Waals surface area contributed by atoms with Gasteiger partial charge in [0.1, 0.15) is 0 Å². The molecule has 6 heteroatoms. The third-order valence-electron chi connectivity index (χ3n) is 3.17. The largest absolute Gasteiger partial charge is 0.397 e. The Kier molecular flexibility index (Phi) is 4.18. The minimum Gasteiger partial charge on any atom is -0.397 e. The molecule has 1 aromatic rings. The van der Waals surface area contributed by atoms with Gasteiger partial charge >= 0.3 is 0 Å². The normalized spacial score (nSPS) is 19.6. The molecule has 1 aromatic carbocycles. The predicted molar refractivity (Wildman–Crippen MR) is 77.7 cm³/mol. The van der Waals surface area contributed by atoms with Crippen LogP contribution in [0, 0.1) is 6.92 Å². The Balaban J connectivity index is 2.29. The van der Waals surface area contributed by atoms with Crippen molar-refractivity contribution in [3.63, 3.8) is 0 Å². The van der Waals surface area contributed by atoms with Gasteiger partial charge in [-0.3, -0.25) is 0 Å². The number of benzene rings is 1. The lowest BCUT2D eigenvalue weighted by molar-refractivity contribution is 0.522. The first-order valence-electron chi connectivity index (χ1n) is 6.13. The van der Waals surface area contributed by atoms with Crippen LogP contribution in [-0.4, -0.2) is 14.5 Å². The molecule has 1 aliphatic carbocycles. The molecule has 19 heavy (non-hydrogen) atoms. The molecule has 0 saturated carbocycles. The third-order valence-corrected chi connectivity index (χ3v) is 5.16. The van der Waals surface area contributed by atoms with Crippen molar-refractivity contribution in [2.45, 2.75) is 37.1 Å². The summed E-state index contributed by atoms with van der Waals surface area (Å²) < 4.78 is 27.4. The number of allylic oxidation sites excluding steroid dienone is 1. The highest BCUT2D eigenvalue weighted by Crippen LogP contribution is 2.26. The molecule has 3 N–H and O–H groups in total. The first-order chi connectivity index (χ1) is 8.90. The average molecular weight is 301 g/mol. The van der Waals surface area contributed by atoms with E-state index >= 15 is 0 Å². The zero-order valence-electron chi connectivity index (χ0n) is 10.7. The molecule has 0 amide bonds. The van der Waals surface area contributed by atoms with Crippen molar-refractivity contribution < 1.29 is 8.42 Å². The second kappa shape index (κ2) is 5.53. The number of hydrogen-bond acceptors (Lipinski definition) is 3. The number of halogens is 1. The van der Waals surface area contributed by atoms with Crippen LogP contribution in [0.1, 0.15) is 24.8 Å². The minimum absolute atomic E-state index is 0.0497. The SMILES string of the molecule is Cc1cc(Cl)c(N)cc1S(=O)(=O)NC1CC=CCC1. The number of anilines is 1. The van der Waals surface area contributed by atoms with Gasteiger partial charge < -0.3 is 5.73 Å². The van der Waals surface area contributed by atoms with Crippen LogP contribution in [0.5, 0.6) is 0 Å². The van der Waals surface area contributed by atoms with Gasteiger partial charge in [0.05, 0.1) is 15.6 Å². The Labute approximate surface area is 118 Å². The Bertz CT molecular complexity index is 611. The van der Waals surface area contributed by atoms with Crippen molar-refractivity contribution in [3.05, 3.63) is 34.9 Å². The molecular weight excluding hydrogens is 284 g/mol. The molecule has 1 atom stereocenters. The van der Waals surface area contributed by atoms with Crippen molar-refractivity contribution in [3.8, 4) is 0 Å². The molecular formula is C13H17ClN2O2S. The molecule has 0 fully saturated rings. The zero-order chi connectivity index (χ0) is 14.0. The van der Waals surface area contributed by atoms with Crippen LogP contribution in [0.4, 0.5) is 5.69 Å². The number of hydrogen-bond donors (Lipinski definition) is 2. The van der Waals surface area contributed by atoms with Gasteiger partial charge in [0.2, 0.25) is 10.0 Å². The van der Waals surface area contributed by atoms with Gasteiger partial charge in [-0.25, -0.2) is 13.1 Å². The zero-order valence-corrected chi connectivity index (χ0v) is 12.3. The van der Waals surface area contributed by atoms with Crippen molar-refractivity contribution in [1.82, 2.24) is 4.72 Å². The highest BCUT2D eigenvalue weighted by molar-refractivity contribution is 7.89. The summed E-state index contributed by atoms with van der Waals surface area (Å²) >= 11 is 5.88. The summed E-state index contributed by atoms with van der Waals surface area (Å²) in [5, 5.41) is 0.372. The van der Waals surface area contributed by atoms with Gasteiger partial charge in [-0.2, -0.15) is 0 Å². The summed E-state index contributed by atoms with van der Waals surface area (Å²) in [7, 11) is -3.55. The maximum atomic E-state index is 12.4. The lowest BCUT2D eigenvalue weighted by Crippen LogP contribution is -2.35. The maximum absolute atomic E-state index is 12.4. The van der Waals surface area contributed by atoms with Crippen LogP contribution in [0.15, 0.2) is 29.2 Å². The highest BCUT2D eigenvalue weighted by atomic mass is 35.5. The summed E-state index contributed by atoms with van der Waals surface area (Å²) in [6, 6.07) is 2.94. The maximum Gasteiger partial charge on any atom is 0.241 e. The summed E-state index contributed by atoms with van der Waals surface area (Å²) in [5.41, 5.74) is 6.55. The van der Waals surface area contributed by atoms with E-state index in [9.17, 15) is 8.42 Å². The van der Waals surface area contributed by atoms with E-state index in [1.807, 2.05) is 6.08 Å². The Morgan fingerprint density at radius 2 is 2.11 bits per heavy atom. The minimum atomic E-state index is -3.55. The molecule has 0 spiro atoms. The quantitative estimate of drug-likeness (QED) is 0.666. The highest BCUT2D eigenvalue weighted by Gasteiger charge is 2.22.